The topological polar surface area (TPSA) is 78.9 Å². The summed E-state index contributed by atoms with van der Waals surface area (Å²) in [5, 5.41) is 11.4. The van der Waals surface area contributed by atoms with Crippen molar-refractivity contribution in [3.63, 3.8) is 0 Å². The smallest absolute Gasteiger partial charge is 0.317 e. The second-order valence-electron chi connectivity index (χ2n) is 3.90. The molecule has 0 bridgehead atoms. The van der Waals surface area contributed by atoms with E-state index < -0.39 is 11.9 Å². The maximum absolute atomic E-state index is 11.6. The number of hydrogen-bond acceptors (Lipinski definition) is 3. The maximum atomic E-state index is 11.6. The highest BCUT2D eigenvalue weighted by Gasteiger charge is 2.16. The molecule has 6 nitrogen and oxygen atoms in total. The zero-order valence-electron chi connectivity index (χ0n) is 10.7. The van der Waals surface area contributed by atoms with Crippen molar-refractivity contribution in [3.8, 4) is 0 Å². The number of ether oxygens (including phenoxy) is 1. The summed E-state index contributed by atoms with van der Waals surface area (Å²) in [6, 6.07) is -0.249. The Kier molecular flexibility index (Phi) is 8.13. The van der Waals surface area contributed by atoms with Gasteiger partial charge in [0.15, 0.2) is 0 Å². The number of methoxy groups -OCH3 is 1. The predicted molar refractivity (Wildman–Crippen MR) is 63.9 cm³/mol. The Labute approximate surface area is 102 Å². The molecule has 2 N–H and O–H groups in total. The molecule has 0 saturated carbocycles. The first-order valence-corrected chi connectivity index (χ1v) is 5.73. The van der Waals surface area contributed by atoms with E-state index in [9.17, 15) is 9.59 Å². The number of nitrogens with one attached hydrogen (secondary N) is 1. The zero-order valence-corrected chi connectivity index (χ0v) is 10.7. The molecular formula is C11H22N2O4. The number of carbonyl (C=O) groups is 2. The van der Waals surface area contributed by atoms with Crippen LogP contribution in [0.15, 0.2) is 0 Å². The average molecular weight is 246 g/mol. The van der Waals surface area contributed by atoms with Crippen LogP contribution in [0.3, 0.4) is 0 Å². The Hall–Kier alpha value is -1.30. The van der Waals surface area contributed by atoms with Gasteiger partial charge in [-0.2, -0.15) is 0 Å². The van der Waals surface area contributed by atoms with Gasteiger partial charge in [-0.1, -0.05) is 6.92 Å². The van der Waals surface area contributed by atoms with Gasteiger partial charge in [-0.3, -0.25) is 4.79 Å². The van der Waals surface area contributed by atoms with Crippen molar-refractivity contribution in [1.82, 2.24) is 10.2 Å². The third-order valence-electron chi connectivity index (χ3n) is 2.53. The van der Waals surface area contributed by atoms with Crippen molar-refractivity contribution >= 4 is 12.0 Å². The molecule has 0 aliphatic rings. The first kappa shape index (κ1) is 15.7. The van der Waals surface area contributed by atoms with Gasteiger partial charge in [0.25, 0.3) is 0 Å². The fraction of sp³-hybridized carbons (Fsp3) is 0.818. The van der Waals surface area contributed by atoms with Crippen LogP contribution in [0.2, 0.25) is 0 Å². The number of nitrogens with zero attached hydrogens (tertiary/aromatic N) is 1. The first-order valence-electron chi connectivity index (χ1n) is 5.73. The van der Waals surface area contributed by atoms with Gasteiger partial charge in [-0.15, -0.1) is 0 Å². The van der Waals surface area contributed by atoms with Crippen LogP contribution in [0.1, 0.15) is 19.8 Å². The number of hydrogen-bond donors (Lipinski definition) is 2. The summed E-state index contributed by atoms with van der Waals surface area (Å²) in [7, 11) is 3.28. The van der Waals surface area contributed by atoms with E-state index in [1.807, 2.05) is 0 Å². The Bertz CT molecular complexity index is 246. The van der Waals surface area contributed by atoms with Crippen LogP contribution in [0.4, 0.5) is 4.79 Å². The number of aliphatic carboxylic acids is 1. The molecule has 0 aliphatic carbocycles. The molecule has 100 valence electrons. The normalized spacial score (nSPS) is 11.9. The molecule has 0 aromatic carbocycles. The summed E-state index contributed by atoms with van der Waals surface area (Å²) in [6.45, 7) is 3.14. The molecule has 0 radical (unpaired) electrons. The van der Waals surface area contributed by atoms with Crippen molar-refractivity contribution in [2.45, 2.75) is 19.8 Å². The van der Waals surface area contributed by atoms with Gasteiger partial charge >= 0.3 is 12.0 Å². The van der Waals surface area contributed by atoms with Gasteiger partial charge < -0.3 is 20.1 Å². The van der Waals surface area contributed by atoms with Gasteiger partial charge in [-0.25, -0.2) is 4.79 Å². The molecule has 1 atom stereocenters. The van der Waals surface area contributed by atoms with Crippen LogP contribution >= 0.6 is 0 Å². The van der Waals surface area contributed by atoms with Crippen molar-refractivity contribution in [2.24, 2.45) is 5.92 Å². The largest absolute Gasteiger partial charge is 0.481 e. The predicted octanol–water partition coefficient (Wildman–Crippen LogP) is 0.775. The number of carboxylic acid groups (broad SMARTS) is 1. The minimum absolute atomic E-state index is 0.166. The lowest BCUT2D eigenvalue weighted by molar-refractivity contribution is -0.141. The fourth-order valence-corrected chi connectivity index (χ4v) is 1.30. The summed E-state index contributed by atoms with van der Waals surface area (Å²) in [6.07, 6.45) is 1.26. The molecule has 2 amide bonds. The molecule has 0 saturated heterocycles. The van der Waals surface area contributed by atoms with E-state index in [2.05, 4.69) is 5.32 Å². The standard InChI is InChI=1S/C11H22N2O4/c1-4-9(10(14)15)8-12-11(16)13(2)6-5-7-17-3/h9H,4-8H2,1-3H3,(H,12,16)(H,14,15). The lowest BCUT2D eigenvalue weighted by Crippen LogP contribution is -2.41. The van der Waals surface area contributed by atoms with E-state index in [1.165, 1.54) is 4.90 Å². The van der Waals surface area contributed by atoms with E-state index >= 15 is 0 Å². The van der Waals surface area contributed by atoms with Gasteiger partial charge in [0, 0.05) is 33.9 Å². The highest BCUT2D eigenvalue weighted by Crippen LogP contribution is 2.00. The summed E-state index contributed by atoms with van der Waals surface area (Å²) >= 11 is 0. The maximum Gasteiger partial charge on any atom is 0.317 e. The Morgan fingerprint density at radius 3 is 2.59 bits per heavy atom. The van der Waals surface area contributed by atoms with Gasteiger partial charge in [0.05, 0.1) is 5.92 Å². The van der Waals surface area contributed by atoms with E-state index in [0.29, 0.717) is 19.6 Å². The summed E-state index contributed by atoms with van der Waals surface area (Å²) < 4.78 is 4.88. The molecule has 0 aromatic rings. The summed E-state index contributed by atoms with van der Waals surface area (Å²) in [4.78, 5) is 23.8. The molecule has 0 spiro atoms. The van der Waals surface area contributed by atoms with Gasteiger partial charge in [0.2, 0.25) is 0 Å². The van der Waals surface area contributed by atoms with Crippen LogP contribution in [-0.2, 0) is 9.53 Å². The van der Waals surface area contributed by atoms with Crippen LogP contribution in [0.5, 0.6) is 0 Å². The molecule has 0 aromatic heterocycles. The molecule has 6 heteroatoms. The second kappa shape index (κ2) is 8.81. The molecule has 0 aliphatic heterocycles. The van der Waals surface area contributed by atoms with E-state index in [0.717, 1.165) is 6.42 Å². The van der Waals surface area contributed by atoms with Gasteiger partial charge in [0.1, 0.15) is 0 Å². The Morgan fingerprint density at radius 2 is 2.12 bits per heavy atom. The number of carbonyl (C=O) groups excluding carboxylic acids is 1. The van der Waals surface area contributed by atoms with Crippen LogP contribution in [0.25, 0.3) is 0 Å². The summed E-state index contributed by atoms with van der Waals surface area (Å²) in [5.41, 5.74) is 0. The van der Waals surface area contributed by atoms with E-state index in [4.69, 9.17) is 9.84 Å². The van der Waals surface area contributed by atoms with Crippen molar-refractivity contribution in [3.05, 3.63) is 0 Å². The number of urea groups is 1. The highest BCUT2D eigenvalue weighted by molar-refractivity contribution is 5.75. The highest BCUT2D eigenvalue weighted by atomic mass is 16.5. The van der Waals surface area contributed by atoms with Gasteiger partial charge in [-0.05, 0) is 12.8 Å². The zero-order chi connectivity index (χ0) is 13.3. The van der Waals surface area contributed by atoms with Crippen LogP contribution in [0, 0.1) is 5.92 Å². The minimum atomic E-state index is -0.880. The lowest BCUT2D eigenvalue weighted by Gasteiger charge is -2.19. The minimum Gasteiger partial charge on any atom is -0.481 e. The van der Waals surface area contributed by atoms with Crippen LogP contribution < -0.4 is 5.32 Å². The van der Waals surface area contributed by atoms with E-state index in [1.54, 1.807) is 21.1 Å². The van der Waals surface area contributed by atoms with Crippen LogP contribution in [-0.4, -0.2) is 55.9 Å². The summed E-state index contributed by atoms with van der Waals surface area (Å²) in [5.74, 6) is -1.40. The monoisotopic (exact) mass is 246 g/mol. The van der Waals surface area contributed by atoms with Crippen molar-refractivity contribution in [2.75, 3.05) is 33.9 Å². The molecule has 0 rings (SSSR count). The SMILES string of the molecule is CCC(CNC(=O)N(C)CCCOC)C(=O)O. The third-order valence-corrected chi connectivity index (χ3v) is 2.53. The van der Waals surface area contributed by atoms with Crippen molar-refractivity contribution < 1.29 is 19.4 Å². The molecule has 1 unspecified atom stereocenters. The molecule has 0 fully saturated rings. The molecular weight excluding hydrogens is 224 g/mol. The molecule has 17 heavy (non-hydrogen) atoms. The second-order valence-corrected chi connectivity index (χ2v) is 3.90. The number of amides is 2. The average Bonchev–Trinajstić information content (AvgIpc) is 2.29. The Balaban J connectivity index is 3.87. The number of rotatable bonds is 8. The van der Waals surface area contributed by atoms with E-state index in [-0.39, 0.29) is 12.6 Å². The van der Waals surface area contributed by atoms with Crippen molar-refractivity contribution in [1.29, 1.82) is 0 Å². The Morgan fingerprint density at radius 1 is 1.47 bits per heavy atom. The fourth-order valence-electron chi connectivity index (χ4n) is 1.30. The lowest BCUT2D eigenvalue weighted by atomic mass is 10.1. The number of carboxylic acids is 1. The third kappa shape index (κ3) is 6.78. The molecule has 0 heterocycles. The first-order chi connectivity index (χ1) is 8.02. The quantitative estimate of drug-likeness (QED) is 0.620.